The monoisotopic (exact) mass is 472 g/mol. The van der Waals surface area contributed by atoms with Gasteiger partial charge in [0.25, 0.3) is 11.8 Å². The van der Waals surface area contributed by atoms with E-state index in [-0.39, 0.29) is 10.7 Å². The second-order valence-corrected chi connectivity index (χ2v) is 8.53. The minimum absolute atomic E-state index is 0.00550. The van der Waals surface area contributed by atoms with Crippen LogP contribution in [-0.4, -0.2) is 23.5 Å². The van der Waals surface area contributed by atoms with Gasteiger partial charge in [-0.1, -0.05) is 44.2 Å². The molecule has 0 bridgehead atoms. The quantitative estimate of drug-likeness (QED) is 0.285. The van der Waals surface area contributed by atoms with Crippen LogP contribution in [0.4, 0.5) is 5.69 Å². The highest BCUT2D eigenvalue weighted by Gasteiger charge is 2.34. The minimum atomic E-state index is -0.532. The maximum Gasteiger partial charge on any atom is 0.270 e. The van der Waals surface area contributed by atoms with Crippen LogP contribution >= 0.6 is 12.2 Å². The number of anilines is 1. The van der Waals surface area contributed by atoms with E-state index >= 15 is 0 Å². The summed E-state index contributed by atoms with van der Waals surface area (Å²) in [6, 6.07) is 23.5. The smallest absolute Gasteiger partial charge is 0.270 e. The van der Waals surface area contributed by atoms with Gasteiger partial charge >= 0.3 is 0 Å². The first-order chi connectivity index (χ1) is 16.4. The number of benzene rings is 3. The summed E-state index contributed by atoms with van der Waals surface area (Å²) in [5.41, 5.74) is 1.22. The van der Waals surface area contributed by atoms with E-state index in [1.165, 1.54) is 4.90 Å². The van der Waals surface area contributed by atoms with E-state index in [0.717, 1.165) is 5.75 Å². The summed E-state index contributed by atoms with van der Waals surface area (Å²) in [4.78, 5) is 27.1. The van der Waals surface area contributed by atoms with Crippen LogP contribution < -0.4 is 19.7 Å². The topological polar surface area (TPSA) is 67.9 Å². The molecule has 1 fully saturated rings. The highest BCUT2D eigenvalue weighted by molar-refractivity contribution is 7.80. The summed E-state index contributed by atoms with van der Waals surface area (Å²) in [7, 11) is 0. The Hall–Kier alpha value is -3.97. The Morgan fingerprint density at radius 1 is 0.882 bits per heavy atom. The van der Waals surface area contributed by atoms with Crippen molar-refractivity contribution in [3.63, 3.8) is 0 Å². The fourth-order valence-electron chi connectivity index (χ4n) is 3.27. The lowest BCUT2D eigenvalue weighted by Gasteiger charge is -2.29. The number of thiocarbonyl (C=S) groups is 1. The molecule has 0 unspecified atom stereocenters. The molecule has 3 aromatic carbocycles. The molecule has 7 heteroatoms. The molecule has 2 amide bonds. The second kappa shape index (κ2) is 10.3. The van der Waals surface area contributed by atoms with Crippen molar-refractivity contribution in [3.05, 3.63) is 90.0 Å². The number of rotatable bonds is 7. The SMILES string of the molecule is CC(C)COc1ccc(/C=C2\C(=O)NC(=S)N(c3ccc(Oc4ccccc4)cc3)C2=O)cc1. The van der Waals surface area contributed by atoms with Gasteiger partial charge in [0.1, 0.15) is 22.8 Å². The van der Waals surface area contributed by atoms with Crippen molar-refractivity contribution < 1.29 is 19.1 Å². The van der Waals surface area contributed by atoms with Crippen LogP contribution in [0.2, 0.25) is 0 Å². The van der Waals surface area contributed by atoms with Crippen LogP contribution in [0.15, 0.2) is 84.4 Å². The van der Waals surface area contributed by atoms with E-state index in [9.17, 15) is 9.59 Å². The molecule has 3 aromatic rings. The first-order valence-corrected chi connectivity index (χ1v) is 11.3. The van der Waals surface area contributed by atoms with Crippen LogP contribution in [0.1, 0.15) is 19.4 Å². The number of nitrogens with one attached hydrogen (secondary N) is 1. The van der Waals surface area contributed by atoms with Gasteiger partial charge in [-0.2, -0.15) is 0 Å². The molecular weight excluding hydrogens is 448 g/mol. The summed E-state index contributed by atoms with van der Waals surface area (Å²) in [5.74, 6) is 1.44. The average molecular weight is 473 g/mol. The highest BCUT2D eigenvalue weighted by Crippen LogP contribution is 2.27. The van der Waals surface area contributed by atoms with Crippen molar-refractivity contribution in [3.8, 4) is 17.2 Å². The minimum Gasteiger partial charge on any atom is -0.493 e. The zero-order valence-electron chi connectivity index (χ0n) is 18.9. The number of ether oxygens (including phenoxy) is 2. The Kier molecular flexibility index (Phi) is 7.04. The number of para-hydroxylation sites is 1. The van der Waals surface area contributed by atoms with Crippen molar-refractivity contribution in [1.82, 2.24) is 5.32 Å². The van der Waals surface area contributed by atoms with E-state index in [1.807, 2.05) is 42.5 Å². The van der Waals surface area contributed by atoms with Crippen LogP contribution in [0.3, 0.4) is 0 Å². The van der Waals surface area contributed by atoms with Crippen molar-refractivity contribution >= 4 is 40.9 Å². The normalized spacial score (nSPS) is 15.0. The predicted molar refractivity (Wildman–Crippen MR) is 136 cm³/mol. The zero-order chi connectivity index (χ0) is 24.1. The fourth-order valence-corrected chi connectivity index (χ4v) is 3.55. The molecular formula is C27H24N2O4S. The van der Waals surface area contributed by atoms with Gasteiger partial charge in [0.15, 0.2) is 5.11 Å². The molecule has 0 aliphatic carbocycles. The molecule has 1 N–H and O–H groups in total. The third-order valence-electron chi connectivity index (χ3n) is 4.95. The van der Waals surface area contributed by atoms with Gasteiger partial charge in [-0.05, 0) is 78.3 Å². The number of hydrogen-bond donors (Lipinski definition) is 1. The van der Waals surface area contributed by atoms with Crippen LogP contribution in [0.5, 0.6) is 17.2 Å². The summed E-state index contributed by atoms with van der Waals surface area (Å²) in [6.45, 7) is 4.77. The van der Waals surface area contributed by atoms with E-state index in [0.29, 0.717) is 35.3 Å². The van der Waals surface area contributed by atoms with E-state index < -0.39 is 11.8 Å². The fraction of sp³-hybridized carbons (Fsp3) is 0.148. The second-order valence-electron chi connectivity index (χ2n) is 8.14. The van der Waals surface area contributed by atoms with Crippen LogP contribution in [0.25, 0.3) is 6.08 Å². The van der Waals surface area contributed by atoms with Gasteiger partial charge in [0.2, 0.25) is 0 Å². The molecule has 1 aliphatic heterocycles. The number of amides is 2. The summed E-state index contributed by atoms with van der Waals surface area (Å²) in [5, 5.41) is 2.63. The average Bonchev–Trinajstić information content (AvgIpc) is 2.83. The predicted octanol–water partition coefficient (Wildman–Crippen LogP) is 5.35. The molecule has 1 aliphatic rings. The standard InChI is InChI=1S/C27H24N2O4S/c1-18(2)17-32-21-12-8-19(9-13-21)16-24-25(30)28-27(34)29(26(24)31)20-10-14-23(15-11-20)33-22-6-4-3-5-7-22/h3-16,18H,17H2,1-2H3,(H,28,30,34)/b24-16+. The summed E-state index contributed by atoms with van der Waals surface area (Å²) < 4.78 is 11.5. The molecule has 172 valence electrons. The molecule has 4 rings (SSSR count). The molecule has 0 saturated carbocycles. The molecule has 0 atom stereocenters. The molecule has 6 nitrogen and oxygen atoms in total. The first-order valence-electron chi connectivity index (χ1n) is 10.9. The Balaban J connectivity index is 1.52. The van der Waals surface area contributed by atoms with Crippen LogP contribution in [0, 0.1) is 5.92 Å². The number of carbonyl (C=O) groups is 2. The Morgan fingerprint density at radius 2 is 1.50 bits per heavy atom. The maximum atomic E-state index is 13.2. The zero-order valence-corrected chi connectivity index (χ0v) is 19.7. The third-order valence-corrected chi connectivity index (χ3v) is 5.23. The van der Waals surface area contributed by atoms with Gasteiger partial charge < -0.3 is 9.47 Å². The van der Waals surface area contributed by atoms with Crippen molar-refractivity contribution in [1.29, 1.82) is 0 Å². The summed E-state index contributed by atoms with van der Waals surface area (Å²) in [6.07, 6.45) is 1.55. The van der Waals surface area contributed by atoms with Crippen molar-refractivity contribution in [2.24, 2.45) is 5.92 Å². The van der Waals surface area contributed by atoms with Gasteiger partial charge in [-0.3, -0.25) is 19.8 Å². The number of hydrogen-bond acceptors (Lipinski definition) is 5. The molecule has 1 heterocycles. The Morgan fingerprint density at radius 3 is 2.15 bits per heavy atom. The lowest BCUT2D eigenvalue weighted by Crippen LogP contribution is -2.54. The van der Waals surface area contributed by atoms with Crippen LogP contribution in [-0.2, 0) is 9.59 Å². The third kappa shape index (κ3) is 5.50. The molecule has 0 spiro atoms. The molecule has 0 aromatic heterocycles. The molecule has 0 radical (unpaired) electrons. The molecule has 34 heavy (non-hydrogen) atoms. The van der Waals surface area contributed by atoms with Gasteiger partial charge in [0, 0.05) is 0 Å². The van der Waals surface area contributed by atoms with Gasteiger partial charge in [-0.15, -0.1) is 0 Å². The van der Waals surface area contributed by atoms with E-state index in [4.69, 9.17) is 21.7 Å². The van der Waals surface area contributed by atoms with Crippen molar-refractivity contribution in [2.45, 2.75) is 13.8 Å². The number of carbonyl (C=O) groups excluding carboxylic acids is 2. The number of nitrogens with zero attached hydrogens (tertiary/aromatic N) is 1. The maximum absolute atomic E-state index is 13.2. The lowest BCUT2D eigenvalue weighted by molar-refractivity contribution is -0.122. The highest BCUT2D eigenvalue weighted by atomic mass is 32.1. The van der Waals surface area contributed by atoms with E-state index in [1.54, 1.807) is 42.5 Å². The Bertz CT molecular complexity index is 1220. The van der Waals surface area contributed by atoms with E-state index in [2.05, 4.69) is 19.2 Å². The van der Waals surface area contributed by atoms with Crippen molar-refractivity contribution in [2.75, 3.05) is 11.5 Å². The Labute approximate surface area is 203 Å². The first kappa shape index (κ1) is 23.2. The summed E-state index contributed by atoms with van der Waals surface area (Å²) >= 11 is 5.28. The molecule has 1 saturated heterocycles. The van der Waals surface area contributed by atoms with Gasteiger partial charge in [-0.25, -0.2) is 0 Å². The van der Waals surface area contributed by atoms with Gasteiger partial charge in [0.05, 0.1) is 12.3 Å². The largest absolute Gasteiger partial charge is 0.493 e. The lowest BCUT2D eigenvalue weighted by atomic mass is 10.1.